The van der Waals surface area contributed by atoms with Crippen LogP contribution < -0.4 is 10.5 Å². The lowest BCUT2D eigenvalue weighted by Gasteiger charge is -2.09. The number of aromatic nitrogens is 2. The summed E-state index contributed by atoms with van der Waals surface area (Å²) in [5.41, 5.74) is 5.95. The van der Waals surface area contributed by atoms with E-state index in [0.29, 0.717) is 24.7 Å². The van der Waals surface area contributed by atoms with Crippen molar-refractivity contribution in [2.45, 2.75) is 26.3 Å². The molecule has 1 atom stereocenters. The van der Waals surface area contributed by atoms with E-state index in [2.05, 4.69) is 10.1 Å². The van der Waals surface area contributed by atoms with E-state index in [1.54, 1.807) is 0 Å². The van der Waals surface area contributed by atoms with Gasteiger partial charge in [0.15, 0.2) is 5.82 Å². The molecule has 0 fully saturated rings. The van der Waals surface area contributed by atoms with Crippen LogP contribution in [0.5, 0.6) is 5.75 Å². The first-order valence-electron chi connectivity index (χ1n) is 6.42. The molecular formula is C14H19N3O2. The number of hydrogen-bond donors (Lipinski definition) is 1. The molecule has 5 heteroatoms. The molecule has 102 valence electrons. The van der Waals surface area contributed by atoms with Gasteiger partial charge in [-0.1, -0.05) is 37.2 Å². The minimum absolute atomic E-state index is 0.187. The Morgan fingerprint density at radius 1 is 1.26 bits per heavy atom. The molecule has 0 spiro atoms. The van der Waals surface area contributed by atoms with E-state index >= 15 is 0 Å². The highest BCUT2D eigenvalue weighted by Gasteiger charge is 2.17. The van der Waals surface area contributed by atoms with Gasteiger partial charge in [-0.3, -0.25) is 0 Å². The largest absolute Gasteiger partial charge is 0.493 e. The third-order valence-corrected chi connectivity index (χ3v) is 2.83. The van der Waals surface area contributed by atoms with Crippen molar-refractivity contribution < 1.29 is 9.26 Å². The number of nitrogens with two attached hydrogens (primary N) is 1. The Labute approximate surface area is 112 Å². The molecule has 0 bridgehead atoms. The molecule has 0 aliphatic rings. The molecule has 1 heterocycles. The van der Waals surface area contributed by atoms with Gasteiger partial charge in [0.2, 0.25) is 5.89 Å². The van der Waals surface area contributed by atoms with Crippen molar-refractivity contribution in [3.05, 3.63) is 42.0 Å². The lowest BCUT2D eigenvalue weighted by Crippen LogP contribution is -2.18. The van der Waals surface area contributed by atoms with Crippen LogP contribution in [0, 0.1) is 5.92 Å². The van der Waals surface area contributed by atoms with Gasteiger partial charge in [-0.2, -0.15) is 4.98 Å². The SMILES string of the molecule is CC(C)C(N)c1noc(CCOc2ccccc2)n1. The summed E-state index contributed by atoms with van der Waals surface area (Å²) in [5, 5.41) is 3.90. The lowest BCUT2D eigenvalue weighted by atomic mass is 10.1. The minimum atomic E-state index is -0.187. The zero-order valence-corrected chi connectivity index (χ0v) is 11.2. The zero-order chi connectivity index (χ0) is 13.7. The van der Waals surface area contributed by atoms with Crippen molar-refractivity contribution in [1.82, 2.24) is 10.1 Å². The molecular weight excluding hydrogens is 242 g/mol. The van der Waals surface area contributed by atoms with Crippen molar-refractivity contribution in [2.75, 3.05) is 6.61 Å². The summed E-state index contributed by atoms with van der Waals surface area (Å²) in [6.07, 6.45) is 0.576. The van der Waals surface area contributed by atoms with Crippen LogP contribution in [0.1, 0.15) is 31.6 Å². The summed E-state index contributed by atoms with van der Waals surface area (Å²) in [5.74, 6) is 2.24. The average molecular weight is 261 g/mol. The molecule has 0 saturated carbocycles. The van der Waals surface area contributed by atoms with Gasteiger partial charge in [0.1, 0.15) is 5.75 Å². The van der Waals surface area contributed by atoms with Crippen LogP contribution in [0.2, 0.25) is 0 Å². The Bertz CT molecular complexity index is 496. The van der Waals surface area contributed by atoms with Gasteiger partial charge >= 0.3 is 0 Å². The highest BCUT2D eigenvalue weighted by molar-refractivity contribution is 5.20. The Hall–Kier alpha value is -1.88. The standard InChI is InChI=1S/C14H19N3O2/c1-10(2)13(15)14-16-12(19-17-14)8-9-18-11-6-4-3-5-7-11/h3-7,10,13H,8-9,15H2,1-2H3. The predicted octanol–water partition coefficient (Wildman–Crippen LogP) is 2.35. The second kappa shape index (κ2) is 6.33. The fourth-order valence-corrected chi connectivity index (χ4v) is 1.58. The van der Waals surface area contributed by atoms with Crippen LogP contribution in [0.4, 0.5) is 0 Å². The van der Waals surface area contributed by atoms with Crippen LogP contribution in [0.25, 0.3) is 0 Å². The number of benzene rings is 1. The number of ether oxygens (including phenoxy) is 1. The van der Waals surface area contributed by atoms with E-state index < -0.39 is 0 Å². The molecule has 0 radical (unpaired) electrons. The summed E-state index contributed by atoms with van der Waals surface area (Å²) in [7, 11) is 0. The maximum absolute atomic E-state index is 5.95. The van der Waals surface area contributed by atoms with Crippen molar-refractivity contribution in [3.8, 4) is 5.75 Å². The fraction of sp³-hybridized carbons (Fsp3) is 0.429. The smallest absolute Gasteiger partial charge is 0.230 e. The first-order chi connectivity index (χ1) is 9.16. The summed E-state index contributed by atoms with van der Waals surface area (Å²) < 4.78 is 10.7. The summed E-state index contributed by atoms with van der Waals surface area (Å²) in [6.45, 7) is 4.56. The van der Waals surface area contributed by atoms with Gasteiger partial charge in [-0.05, 0) is 18.1 Å². The molecule has 0 aliphatic carbocycles. The first-order valence-corrected chi connectivity index (χ1v) is 6.42. The Morgan fingerprint density at radius 2 is 2.00 bits per heavy atom. The third-order valence-electron chi connectivity index (χ3n) is 2.83. The normalized spacial score (nSPS) is 12.6. The second-order valence-corrected chi connectivity index (χ2v) is 4.73. The highest BCUT2D eigenvalue weighted by atomic mass is 16.5. The Balaban J connectivity index is 1.84. The number of para-hydroxylation sites is 1. The Kier molecular flexibility index (Phi) is 4.52. The zero-order valence-electron chi connectivity index (χ0n) is 11.2. The van der Waals surface area contributed by atoms with E-state index in [-0.39, 0.29) is 12.0 Å². The number of rotatable bonds is 6. The molecule has 1 aromatic carbocycles. The van der Waals surface area contributed by atoms with Crippen LogP contribution in [0.15, 0.2) is 34.9 Å². The maximum Gasteiger partial charge on any atom is 0.230 e. The van der Waals surface area contributed by atoms with Crippen LogP contribution >= 0.6 is 0 Å². The Morgan fingerprint density at radius 3 is 2.68 bits per heavy atom. The molecule has 19 heavy (non-hydrogen) atoms. The third kappa shape index (κ3) is 3.79. The quantitative estimate of drug-likeness (QED) is 0.864. The molecule has 2 aromatic rings. The minimum Gasteiger partial charge on any atom is -0.493 e. The molecule has 0 aliphatic heterocycles. The second-order valence-electron chi connectivity index (χ2n) is 4.73. The van der Waals surface area contributed by atoms with E-state index in [1.165, 1.54) is 0 Å². The van der Waals surface area contributed by atoms with E-state index in [1.807, 2.05) is 44.2 Å². The van der Waals surface area contributed by atoms with Crippen LogP contribution in [-0.4, -0.2) is 16.7 Å². The van der Waals surface area contributed by atoms with Gasteiger partial charge in [0.25, 0.3) is 0 Å². The maximum atomic E-state index is 5.95. The topological polar surface area (TPSA) is 74.2 Å². The molecule has 2 N–H and O–H groups in total. The number of hydrogen-bond acceptors (Lipinski definition) is 5. The molecule has 0 amide bonds. The van der Waals surface area contributed by atoms with Gasteiger partial charge in [-0.15, -0.1) is 0 Å². The molecule has 1 unspecified atom stereocenters. The monoisotopic (exact) mass is 261 g/mol. The van der Waals surface area contributed by atoms with Gasteiger partial charge in [-0.25, -0.2) is 0 Å². The van der Waals surface area contributed by atoms with Gasteiger partial charge in [0, 0.05) is 0 Å². The van der Waals surface area contributed by atoms with Crippen molar-refractivity contribution >= 4 is 0 Å². The van der Waals surface area contributed by atoms with Crippen molar-refractivity contribution in [1.29, 1.82) is 0 Å². The van der Waals surface area contributed by atoms with Crippen molar-refractivity contribution in [3.63, 3.8) is 0 Å². The van der Waals surface area contributed by atoms with Crippen LogP contribution in [-0.2, 0) is 6.42 Å². The van der Waals surface area contributed by atoms with E-state index in [9.17, 15) is 0 Å². The average Bonchev–Trinajstić information content (AvgIpc) is 2.88. The fourth-order valence-electron chi connectivity index (χ4n) is 1.58. The molecule has 2 rings (SSSR count). The summed E-state index contributed by atoms with van der Waals surface area (Å²) in [6, 6.07) is 9.45. The molecule has 5 nitrogen and oxygen atoms in total. The lowest BCUT2D eigenvalue weighted by molar-refractivity contribution is 0.291. The van der Waals surface area contributed by atoms with Gasteiger partial charge in [0.05, 0.1) is 19.1 Å². The summed E-state index contributed by atoms with van der Waals surface area (Å²) >= 11 is 0. The first kappa shape index (κ1) is 13.5. The number of nitrogens with zero attached hydrogens (tertiary/aromatic N) is 2. The molecule has 1 aromatic heterocycles. The van der Waals surface area contributed by atoms with Gasteiger partial charge < -0.3 is 15.0 Å². The van der Waals surface area contributed by atoms with E-state index in [0.717, 1.165) is 5.75 Å². The predicted molar refractivity (Wildman–Crippen MR) is 71.7 cm³/mol. The van der Waals surface area contributed by atoms with Crippen LogP contribution in [0.3, 0.4) is 0 Å². The van der Waals surface area contributed by atoms with Crippen molar-refractivity contribution in [2.24, 2.45) is 11.7 Å². The molecule has 0 saturated heterocycles. The van der Waals surface area contributed by atoms with E-state index in [4.69, 9.17) is 15.0 Å². The summed E-state index contributed by atoms with van der Waals surface area (Å²) in [4.78, 5) is 4.28. The highest BCUT2D eigenvalue weighted by Crippen LogP contribution is 2.15.